The molecular weight excluding hydrogens is 563 g/mol. The molecule has 3 fully saturated rings. The van der Waals surface area contributed by atoms with E-state index in [9.17, 15) is 31.5 Å². The minimum Gasteiger partial charge on any atom is -0.364 e. The summed E-state index contributed by atoms with van der Waals surface area (Å²) in [5, 5.41) is 9.68. The number of carbonyl (C=O) groups is 2. The Hall–Kier alpha value is -3.58. The fourth-order valence-electron chi connectivity index (χ4n) is 5.71. The van der Waals surface area contributed by atoms with Crippen LogP contribution in [-0.2, 0) is 4.79 Å². The molecule has 0 spiro atoms. The van der Waals surface area contributed by atoms with Crippen LogP contribution in [0.4, 0.5) is 22.0 Å². The van der Waals surface area contributed by atoms with Crippen LogP contribution < -0.4 is 10.6 Å². The van der Waals surface area contributed by atoms with Crippen molar-refractivity contribution in [2.45, 2.75) is 94.3 Å². The Bertz CT molecular complexity index is 1450. The summed E-state index contributed by atoms with van der Waals surface area (Å²) in [6.07, 6.45) is 1.62. The second-order valence-electron chi connectivity index (χ2n) is 11.8. The van der Waals surface area contributed by atoms with Crippen molar-refractivity contribution in [2.75, 3.05) is 0 Å². The van der Waals surface area contributed by atoms with Crippen LogP contribution in [0.15, 0.2) is 29.2 Å². The summed E-state index contributed by atoms with van der Waals surface area (Å²) in [7, 11) is 0. The lowest BCUT2D eigenvalue weighted by Crippen LogP contribution is -2.37. The third-order valence-corrected chi connectivity index (χ3v) is 8.38. The fraction of sp³-hybridized carbons (Fsp3) is 0.607. The summed E-state index contributed by atoms with van der Waals surface area (Å²) in [4.78, 5) is 34.9. The summed E-state index contributed by atoms with van der Waals surface area (Å²) in [5.74, 6) is -3.67. The first-order chi connectivity index (χ1) is 20.0. The number of carbonyl (C=O) groups excluding carboxylic acids is 2. The number of halogens is 5. The Labute approximate surface area is 237 Å². The number of fused-ring (bicyclic) bond motifs is 1. The monoisotopic (exact) mass is 594 g/mol. The van der Waals surface area contributed by atoms with Crippen molar-refractivity contribution in [3.8, 4) is 0 Å². The number of hydrogen-bond donors (Lipinski definition) is 2. The molecule has 3 aromatic rings. The minimum absolute atomic E-state index is 0.0596. The maximum atomic E-state index is 14.0. The van der Waals surface area contributed by atoms with E-state index >= 15 is 0 Å². The number of nitrogens with zero attached hydrogens (tertiary/aromatic N) is 4. The van der Waals surface area contributed by atoms with Gasteiger partial charge in [-0.25, -0.2) is 18.7 Å². The molecule has 0 bridgehead atoms. The third-order valence-electron chi connectivity index (χ3n) is 8.38. The van der Waals surface area contributed by atoms with Crippen molar-refractivity contribution < 1.29 is 36.1 Å². The summed E-state index contributed by atoms with van der Waals surface area (Å²) in [6.45, 7) is 0. The average molecular weight is 595 g/mol. The highest BCUT2D eigenvalue weighted by atomic mass is 19.4. The molecule has 2 unspecified atom stereocenters. The molecule has 0 aliphatic heterocycles. The molecule has 2 amide bonds. The fourth-order valence-corrected chi connectivity index (χ4v) is 5.71. The van der Waals surface area contributed by atoms with Gasteiger partial charge in [0.05, 0.1) is 35.6 Å². The molecule has 3 aliphatic carbocycles. The second kappa shape index (κ2) is 10.9. The van der Waals surface area contributed by atoms with Crippen molar-refractivity contribution in [3.05, 3.63) is 47.4 Å². The Morgan fingerprint density at radius 2 is 1.67 bits per heavy atom. The summed E-state index contributed by atoms with van der Waals surface area (Å²) in [6, 6.07) is 0.447. The van der Waals surface area contributed by atoms with Crippen molar-refractivity contribution in [3.63, 3.8) is 0 Å². The van der Waals surface area contributed by atoms with Crippen molar-refractivity contribution in [2.24, 2.45) is 11.8 Å². The van der Waals surface area contributed by atoms with Gasteiger partial charge in [0, 0.05) is 37.6 Å². The lowest BCUT2D eigenvalue weighted by molar-refractivity contribution is -0.144. The van der Waals surface area contributed by atoms with E-state index in [2.05, 4.69) is 25.8 Å². The number of imidazole rings is 1. The van der Waals surface area contributed by atoms with E-state index in [1.165, 1.54) is 6.26 Å². The van der Waals surface area contributed by atoms with Gasteiger partial charge in [0.15, 0.2) is 0 Å². The second-order valence-corrected chi connectivity index (χ2v) is 11.8. The van der Waals surface area contributed by atoms with E-state index in [4.69, 9.17) is 4.52 Å². The first-order valence-electron chi connectivity index (χ1n) is 14.3. The van der Waals surface area contributed by atoms with E-state index in [-0.39, 0.29) is 49.2 Å². The number of nitrogens with one attached hydrogen (secondary N) is 2. The van der Waals surface area contributed by atoms with Crippen LogP contribution in [0.3, 0.4) is 0 Å². The standard InChI is InChI=1S/C28H31F5N6O3/c29-27(30)9-5-17(6-10-27)24(37-25(41)18-14-42-38-22(18)15-1-2-15)20-13-39-12-8-19(34-26(39)35-20)23(16-3-4-16)36-21(40)7-11-28(31,32)33/h8,12-17,23-24H,1-7,9-11H2,(H,36,40)(H,37,41). The predicted molar refractivity (Wildman–Crippen MR) is 137 cm³/mol. The number of hydrogen-bond acceptors (Lipinski definition) is 6. The summed E-state index contributed by atoms with van der Waals surface area (Å²) < 4.78 is 72.5. The van der Waals surface area contributed by atoms with Crippen molar-refractivity contribution in [1.82, 2.24) is 30.2 Å². The van der Waals surface area contributed by atoms with E-state index in [0.717, 1.165) is 25.7 Å². The average Bonchev–Trinajstić information content (AvgIpc) is 3.87. The minimum atomic E-state index is -4.43. The largest absolute Gasteiger partial charge is 0.389 e. The summed E-state index contributed by atoms with van der Waals surface area (Å²) in [5.41, 5.74) is 1.83. The van der Waals surface area contributed by atoms with Gasteiger partial charge >= 0.3 is 6.18 Å². The molecule has 9 nitrogen and oxygen atoms in total. The van der Waals surface area contributed by atoms with Gasteiger partial charge in [-0.15, -0.1) is 0 Å². The molecule has 2 N–H and O–H groups in total. The number of amides is 2. The van der Waals surface area contributed by atoms with Gasteiger partial charge in [0.2, 0.25) is 17.6 Å². The highest BCUT2D eigenvalue weighted by Crippen LogP contribution is 2.44. The van der Waals surface area contributed by atoms with E-state index in [0.29, 0.717) is 22.6 Å². The van der Waals surface area contributed by atoms with Crippen LogP contribution in [-0.4, -0.2) is 43.4 Å². The molecular formula is C28H31F5N6O3. The highest BCUT2D eigenvalue weighted by Gasteiger charge is 2.41. The molecule has 0 radical (unpaired) electrons. The molecule has 6 rings (SSSR count). The number of alkyl halides is 5. The van der Waals surface area contributed by atoms with Gasteiger partial charge in [0.25, 0.3) is 5.91 Å². The number of rotatable bonds is 10. The molecule has 3 saturated carbocycles. The SMILES string of the molecule is O=C(CCC(F)(F)F)NC(c1ccn2cc(C(NC(=O)c3conc3C3CC3)C3CCC(F)(F)CC3)nc2n1)C1CC1. The Morgan fingerprint density at radius 3 is 2.33 bits per heavy atom. The van der Waals surface area contributed by atoms with Gasteiger partial charge in [-0.05, 0) is 56.4 Å². The van der Waals surface area contributed by atoms with Crippen LogP contribution in [0.1, 0.15) is 110 Å². The molecule has 3 heterocycles. The van der Waals surface area contributed by atoms with Crippen LogP contribution in [0, 0.1) is 11.8 Å². The van der Waals surface area contributed by atoms with Crippen LogP contribution in [0.2, 0.25) is 0 Å². The molecule has 0 saturated heterocycles. The van der Waals surface area contributed by atoms with E-state index < -0.39 is 48.8 Å². The van der Waals surface area contributed by atoms with Gasteiger partial charge in [-0.2, -0.15) is 13.2 Å². The molecule has 3 aliphatic rings. The van der Waals surface area contributed by atoms with Gasteiger partial charge < -0.3 is 15.2 Å². The maximum Gasteiger partial charge on any atom is 0.389 e. The van der Waals surface area contributed by atoms with Crippen LogP contribution in [0.25, 0.3) is 5.78 Å². The maximum absolute atomic E-state index is 14.0. The highest BCUT2D eigenvalue weighted by molar-refractivity contribution is 5.95. The Kier molecular flexibility index (Phi) is 7.42. The van der Waals surface area contributed by atoms with Crippen LogP contribution >= 0.6 is 0 Å². The van der Waals surface area contributed by atoms with Gasteiger partial charge in [0.1, 0.15) is 11.8 Å². The van der Waals surface area contributed by atoms with Gasteiger partial charge in [-0.1, -0.05) is 5.16 Å². The Morgan fingerprint density at radius 1 is 1.00 bits per heavy atom. The zero-order chi connectivity index (χ0) is 29.6. The smallest absolute Gasteiger partial charge is 0.364 e. The van der Waals surface area contributed by atoms with Gasteiger partial charge in [-0.3, -0.25) is 14.0 Å². The quantitative estimate of drug-likeness (QED) is 0.287. The molecule has 0 aromatic carbocycles. The topological polar surface area (TPSA) is 114 Å². The van der Waals surface area contributed by atoms with Crippen molar-refractivity contribution in [1.29, 1.82) is 0 Å². The third kappa shape index (κ3) is 6.57. The van der Waals surface area contributed by atoms with Crippen molar-refractivity contribution >= 4 is 17.6 Å². The lowest BCUT2D eigenvalue weighted by atomic mass is 9.81. The molecule has 226 valence electrons. The first kappa shape index (κ1) is 28.5. The zero-order valence-electron chi connectivity index (χ0n) is 22.7. The Balaban J connectivity index is 1.25. The molecule has 2 atom stereocenters. The summed E-state index contributed by atoms with van der Waals surface area (Å²) >= 11 is 0. The molecule has 42 heavy (non-hydrogen) atoms. The van der Waals surface area contributed by atoms with E-state index in [1.54, 1.807) is 22.9 Å². The number of aromatic nitrogens is 4. The zero-order valence-corrected chi connectivity index (χ0v) is 22.7. The normalized spacial score (nSPS) is 20.8. The molecule has 3 aromatic heterocycles. The van der Waals surface area contributed by atoms with Crippen LogP contribution in [0.5, 0.6) is 0 Å². The van der Waals surface area contributed by atoms with E-state index in [1.807, 2.05) is 0 Å². The predicted octanol–water partition coefficient (Wildman–Crippen LogP) is 5.80. The lowest BCUT2D eigenvalue weighted by Gasteiger charge is -2.33. The molecule has 14 heteroatoms. The first-order valence-corrected chi connectivity index (χ1v) is 14.3.